The molecule has 2 heterocycles. The van der Waals surface area contributed by atoms with Crippen LogP contribution < -0.4 is 10.6 Å². The van der Waals surface area contributed by atoms with Crippen LogP contribution in [0.1, 0.15) is 72.3 Å². The van der Waals surface area contributed by atoms with E-state index in [-0.39, 0.29) is 17.9 Å². The molecule has 2 atom stereocenters. The van der Waals surface area contributed by atoms with Crippen molar-refractivity contribution >= 4 is 22.3 Å². The second-order valence-electron chi connectivity index (χ2n) is 10.3. The summed E-state index contributed by atoms with van der Waals surface area (Å²) in [6.45, 7) is 4.14. The summed E-state index contributed by atoms with van der Waals surface area (Å²) in [4.78, 5) is 4.64. The molecule has 1 aliphatic rings. The number of rotatable bonds is 9. The number of nitriles is 1. The number of benzene rings is 3. The molecular weight excluding hydrogens is 501 g/mol. The number of hydrogen-bond donors (Lipinski definition) is 2. The predicted octanol–water partition coefficient (Wildman–Crippen LogP) is 7.25. The summed E-state index contributed by atoms with van der Waals surface area (Å²) >= 11 is 0. The topological polar surface area (TPSA) is 91.5 Å². The monoisotopic (exact) mass is 531 g/mol. The highest BCUT2D eigenvalue weighted by Gasteiger charge is 2.27. The van der Waals surface area contributed by atoms with Crippen LogP contribution in [0.3, 0.4) is 0 Å². The molecule has 5 aromatic rings. The molecule has 0 aliphatic heterocycles. The molecular formula is C32H30FN7. The van der Waals surface area contributed by atoms with E-state index in [4.69, 9.17) is 0 Å². The van der Waals surface area contributed by atoms with Gasteiger partial charge in [-0.3, -0.25) is 4.98 Å². The van der Waals surface area contributed by atoms with Crippen LogP contribution >= 0.6 is 0 Å². The van der Waals surface area contributed by atoms with Crippen LogP contribution in [-0.4, -0.2) is 20.0 Å². The zero-order valence-electron chi connectivity index (χ0n) is 22.5. The lowest BCUT2D eigenvalue weighted by atomic mass is 10.00. The summed E-state index contributed by atoms with van der Waals surface area (Å²) in [5.74, 6) is -0.291. The molecule has 8 heteroatoms. The number of hydrogen-bond acceptors (Lipinski definition) is 6. The van der Waals surface area contributed by atoms with E-state index in [1.165, 1.54) is 12.1 Å². The van der Waals surface area contributed by atoms with Gasteiger partial charge in [-0.15, -0.1) is 5.10 Å². The maximum absolute atomic E-state index is 13.8. The van der Waals surface area contributed by atoms with Crippen LogP contribution in [0.5, 0.6) is 0 Å². The van der Waals surface area contributed by atoms with Gasteiger partial charge in [0.25, 0.3) is 0 Å². The summed E-state index contributed by atoms with van der Waals surface area (Å²) in [6, 6.07) is 23.2. The first-order valence-corrected chi connectivity index (χ1v) is 13.6. The second kappa shape index (κ2) is 10.8. The number of pyridine rings is 1. The molecule has 0 bridgehead atoms. The Bertz CT molecular complexity index is 1690. The number of nitrogens with one attached hydrogen (secondary N) is 2. The third kappa shape index (κ3) is 5.10. The van der Waals surface area contributed by atoms with E-state index in [9.17, 15) is 9.65 Å². The highest BCUT2D eigenvalue weighted by Crippen LogP contribution is 2.37. The molecule has 40 heavy (non-hydrogen) atoms. The third-order valence-corrected chi connectivity index (χ3v) is 7.47. The Kier molecular flexibility index (Phi) is 6.87. The van der Waals surface area contributed by atoms with Crippen molar-refractivity contribution in [1.82, 2.24) is 20.0 Å². The average Bonchev–Trinajstić information content (AvgIpc) is 3.72. The smallest absolute Gasteiger partial charge is 0.123 e. The number of aromatic nitrogens is 4. The molecule has 1 aliphatic carbocycles. The molecule has 2 N–H and O–H groups in total. The van der Waals surface area contributed by atoms with Gasteiger partial charge in [0.05, 0.1) is 41.1 Å². The van der Waals surface area contributed by atoms with Crippen LogP contribution in [-0.2, 0) is 0 Å². The Balaban J connectivity index is 1.42. The normalized spacial score (nSPS) is 14.4. The van der Waals surface area contributed by atoms with Gasteiger partial charge in [-0.1, -0.05) is 54.6 Å². The Morgan fingerprint density at radius 2 is 1.82 bits per heavy atom. The first-order valence-electron chi connectivity index (χ1n) is 13.6. The predicted molar refractivity (Wildman–Crippen MR) is 154 cm³/mol. The molecule has 200 valence electrons. The van der Waals surface area contributed by atoms with Crippen LogP contribution in [0, 0.1) is 24.1 Å². The van der Waals surface area contributed by atoms with Crippen molar-refractivity contribution in [2.24, 2.45) is 0 Å². The number of fused-ring (bicyclic) bond motifs is 1. The zero-order chi connectivity index (χ0) is 27.6. The molecule has 1 fully saturated rings. The molecule has 7 nitrogen and oxygen atoms in total. The van der Waals surface area contributed by atoms with Crippen LogP contribution in [0.4, 0.5) is 15.8 Å². The van der Waals surface area contributed by atoms with E-state index in [0.717, 1.165) is 63.9 Å². The fourth-order valence-corrected chi connectivity index (χ4v) is 5.17. The number of nitrogens with zero attached hydrogens (tertiary/aromatic N) is 5. The molecule has 2 aromatic heterocycles. The van der Waals surface area contributed by atoms with Crippen LogP contribution in [0.25, 0.3) is 10.9 Å². The van der Waals surface area contributed by atoms with Gasteiger partial charge in [-0.25, -0.2) is 9.07 Å². The molecule has 0 spiro atoms. The van der Waals surface area contributed by atoms with Gasteiger partial charge >= 0.3 is 0 Å². The molecule has 6 rings (SSSR count). The Hall–Kier alpha value is -4.77. The van der Waals surface area contributed by atoms with E-state index in [1.807, 2.05) is 48.1 Å². The maximum Gasteiger partial charge on any atom is 0.123 e. The van der Waals surface area contributed by atoms with Crippen molar-refractivity contribution in [1.29, 1.82) is 5.26 Å². The summed E-state index contributed by atoms with van der Waals surface area (Å²) in [5, 5.41) is 27.0. The van der Waals surface area contributed by atoms with E-state index in [1.54, 1.807) is 18.3 Å². The highest BCUT2D eigenvalue weighted by atomic mass is 19.1. The van der Waals surface area contributed by atoms with Crippen LogP contribution in [0.2, 0.25) is 0 Å². The van der Waals surface area contributed by atoms with Gasteiger partial charge in [0.1, 0.15) is 17.6 Å². The lowest BCUT2D eigenvalue weighted by Gasteiger charge is -2.23. The fourth-order valence-electron chi connectivity index (χ4n) is 5.17. The SMILES string of the molecule is CC[C@@H](Nc1c(C#N)cnc2c(C)cc(NC(c3ccc(F)cc3)c3cn(C4CC4)nn3)cc12)c1ccccc1. The Labute approximate surface area is 232 Å². The van der Waals surface area contributed by atoms with Gasteiger partial charge < -0.3 is 10.6 Å². The Morgan fingerprint density at radius 1 is 1.05 bits per heavy atom. The lowest BCUT2D eigenvalue weighted by molar-refractivity contribution is 0.610. The first-order chi connectivity index (χ1) is 19.5. The van der Waals surface area contributed by atoms with Gasteiger partial charge in [0, 0.05) is 17.3 Å². The minimum atomic E-state index is -0.346. The zero-order valence-corrected chi connectivity index (χ0v) is 22.5. The van der Waals surface area contributed by atoms with Crippen molar-refractivity contribution in [2.45, 2.75) is 51.2 Å². The number of halogens is 1. The van der Waals surface area contributed by atoms with Gasteiger partial charge in [0.15, 0.2) is 0 Å². The van der Waals surface area contributed by atoms with Crippen molar-refractivity contribution in [3.05, 3.63) is 113 Å². The Morgan fingerprint density at radius 3 is 2.52 bits per heavy atom. The van der Waals surface area contributed by atoms with Gasteiger partial charge in [-0.05, 0) is 67.1 Å². The average molecular weight is 532 g/mol. The van der Waals surface area contributed by atoms with E-state index < -0.39 is 0 Å². The number of anilines is 2. The van der Waals surface area contributed by atoms with E-state index in [2.05, 4.69) is 51.1 Å². The highest BCUT2D eigenvalue weighted by molar-refractivity contribution is 5.98. The quantitative estimate of drug-likeness (QED) is 0.208. The third-order valence-electron chi connectivity index (χ3n) is 7.47. The number of aryl methyl sites for hydroxylation is 1. The lowest BCUT2D eigenvalue weighted by Crippen LogP contribution is -2.14. The van der Waals surface area contributed by atoms with Crippen LogP contribution in [0.15, 0.2) is 79.1 Å². The van der Waals surface area contributed by atoms with Gasteiger partial charge in [0.2, 0.25) is 0 Å². The standard InChI is InChI=1S/C32H30FN7/c1-3-28(21-7-5-4-6-8-21)37-31-23(17-34)18-35-30-20(2)15-25(16-27(30)31)36-32(22-9-11-24(33)12-10-22)29-19-40(39-38-29)26-13-14-26/h4-12,15-16,18-19,26,28,32,36H,3,13-14H2,1-2H3,(H,35,37)/t28-,32?/m1/s1. The first kappa shape index (κ1) is 25.5. The summed E-state index contributed by atoms with van der Waals surface area (Å²) in [6.07, 6.45) is 6.67. The molecule has 0 amide bonds. The minimum Gasteiger partial charge on any atom is -0.377 e. The fraction of sp³-hybridized carbons (Fsp3) is 0.250. The van der Waals surface area contributed by atoms with Crippen molar-refractivity contribution in [3.8, 4) is 6.07 Å². The van der Waals surface area contributed by atoms with Crippen molar-refractivity contribution < 1.29 is 4.39 Å². The van der Waals surface area contributed by atoms with Gasteiger partial charge in [-0.2, -0.15) is 5.26 Å². The van der Waals surface area contributed by atoms with E-state index in [0.29, 0.717) is 11.6 Å². The summed E-state index contributed by atoms with van der Waals surface area (Å²) in [7, 11) is 0. The van der Waals surface area contributed by atoms with Crippen molar-refractivity contribution in [3.63, 3.8) is 0 Å². The molecule has 0 saturated heterocycles. The molecule has 1 unspecified atom stereocenters. The minimum absolute atomic E-state index is 0.0280. The molecule has 3 aromatic carbocycles. The summed E-state index contributed by atoms with van der Waals surface area (Å²) < 4.78 is 15.7. The largest absolute Gasteiger partial charge is 0.377 e. The van der Waals surface area contributed by atoms with E-state index >= 15 is 0 Å². The maximum atomic E-state index is 13.8. The van der Waals surface area contributed by atoms with Crippen molar-refractivity contribution in [2.75, 3.05) is 10.6 Å². The molecule has 0 radical (unpaired) electrons. The second-order valence-corrected chi connectivity index (χ2v) is 10.3. The summed E-state index contributed by atoms with van der Waals surface area (Å²) in [5.41, 5.74) is 6.67. The molecule has 1 saturated carbocycles.